The summed E-state index contributed by atoms with van der Waals surface area (Å²) < 4.78 is 0. The lowest BCUT2D eigenvalue weighted by molar-refractivity contribution is 0.0979. The van der Waals surface area contributed by atoms with E-state index in [1.165, 1.54) is 12.8 Å². The van der Waals surface area contributed by atoms with Gasteiger partial charge in [0.15, 0.2) is 5.78 Å². The van der Waals surface area contributed by atoms with E-state index in [1.54, 1.807) is 0 Å². The van der Waals surface area contributed by atoms with Gasteiger partial charge in [0.2, 0.25) is 0 Å². The zero-order valence-corrected chi connectivity index (χ0v) is 10.4. The smallest absolute Gasteiger partial charge is 0.162 e. The Bertz CT molecular complexity index is 295. The van der Waals surface area contributed by atoms with Crippen molar-refractivity contribution in [1.82, 2.24) is 0 Å². The Kier molecular flexibility index (Phi) is 6.91. The van der Waals surface area contributed by atoms with Crippen molar-refractivity contribution in [1.29, 1.82) is 0 Å². The first-order valence-electron chi connectivity index (χ1n) is 5.99. The molecule has 0 heterocycles. The van der Waals surface area contributed by atoms with E-state index in [0.29, 0.717) is 6.42 Å². The maximum Gasteiger partial charge on any atom is 0.162 e. The van der Waals surface area contributed by atoms with Crippen LogP contribution in [0.15, 0.2) is 30.3 Å². The van der Waals surface area contributed by atoms with Gasteiger partial charge in [-0.25, -0.2) is 0 Å². The Morgan fingerprint density at radius 2 is 1.56 bits per heavy atom. The number of hydrogen-bond acceptors (Lipinski definition) is 1. The molecule has 0 aliphatic heterocycles. The molecule has 1 aromatic carbocycles. The molecule has 0 fully saturated rings. The van der Waals surface area contributed by atoms with Crippen LogP contribution in [0.4, 0.5) is 0 Å². The monoisotopic (exact) mass is 238 g/mol. The van der Waals surface area contributed by atoms with Crippen molar-refractivity contribution in [2.45, 2.75) is 38.5 Å². The van der Waals surface area contributed by atoms with Gasteiger partial charge in [-0.1, -0.05) is 49.6 Å². The SMILES string of the molecule is O=C(CCCCCCCCl)c1ccccc1. The van der Waals surface area contributed by atoms with Crippen LogP contribution in [0.25, 0.3) is 0 Å². The van der Waals surface area contributed by atoms with E-state index in [1.807, 2.05) is 30.3 Å². The van der Waals surface area contributed by atoms with E-state index in [0.717, 1.165) is 30.7 Å². The third kappa shape index (κ3) is 5.32. The zero-order chi connectivity index (χ0) is 11.6. The second-order valence-electron chi connectivity index (χ2n) is 4.00. The number of carbonyl (C=O) groups excluding carboxylic acids is 1. The van der Waals surface area contributed by atoms with Crippen LogP contribution in [0.3, 0.4) is 0 Å². The van der Waals surface area contributed by atoms with Crippen molar-refractivity contribution < 1.29 is 4.79 Å². The summed E-state index contributed by atoms with van der Waals surface area (Å²) in [7, 11) is 0. The normalized spacial score (nSPS) is 10.3. The quantitative estimate of drug-likeness (QED) is 0.372. The molecule has 0 aliphatic carbocycles. The number of carbonyl (C=O) groups is 1. The molecule has 0 aliphatic rings. The molecule has 88 valence electrons. The van der Waals surface area contributed by atoms with Crippen molar-refractivity contribution in [3.05, 3.63) is 35.9 Å². The highest BCUT2D eigenvalue weighted by molar-refractivity contribution is 6.17. The van der Waals surface area contributed by atoms with Crippen LogP contribution < -0.4 is 0 Å². The predicted octanol–water partition coefficient (Wildman–Crippen LogP) is 4.45. The maximum atomic E-state index is 11.7. The molecule has 0 saturated heterocycles. The van der Waals surface area contributed by atoms with Crippen LogP contribution in [0.2, 0.25) is 0 Å². The molecule has 0 aromatic heterocycles. The van der Waals surface area contributed by atoms with Gasteiger partial charge >= 0.3 is 0 Å². The van der Waals surface area contributed by atoms with Gasteiger partial charge < -0.3 is 0 Å². The van der Waals surface area contributed by atoms with Crippen LogP contribution in [0.5, 0.6) is 0 Å². The number of unbranched alkanes of at least 4 members (excludes halogenated alkanes) is 4. The summed E-state index contributed by atoms with van der Waals surface area (Å²) in [5.74, 6) is 1.01. The number of Topliss-reactive ketones (excluding diaryl/α,β-unsaturated/α-hetero) is 1. The summed E-state index contributed by atoms with van der Waals surface area (Å²) in [4.78, 5) is 11.7. The molecular formula is C14H19ClO. The van der Waals surface area contributed by atoms with E-state index in [2.05, 4.69) is 0 Å². The molecule has 0 unspecified atom stereocenters. The summed E-state index contributed by atoms with van der Waals surface area (Å²) in [5.41, 5.74) is 0.836. The topological polar surface area (TPSA) is 17.1 Å². The molecule has 1 nitrogen and oxygen atoms in total. The van der Waals surface area contributed by atoms with E-state index in [9.17, 15) is 4.79 Å². The first-order valence-corrected chi connectivity index (χ1v) is 6.52. The molecule has 0 bridgehead atoms. The highest BCUT2D eigenvalue weighted by atomic mass is 35.5. The first kappa shape index (κ1) is 13.2. The van der Waals surface area contributed by atoms with Crippen LogP contribution >= 0.6 is 11.6 Å². The first-order chi connectivity index (χ1) is 7.84. The summed E-state index contributed by atoms with van der Waals surface area (Å²) in [6.45, 7) is 0. The van der Waals surface area contributed by atoms with Crippen molar-refractivity contribution in [3.63, 3.8) is 0 Å². The largest absolute Gasteiger partial charge is 0.294 e. The van der Waals surface area contributed by atoms with Gasteiger partial charge in [0, 0.05) is 17.9 Å². The molecule has 0 atom stereocenters. The fourth-order valence-corrected chi connectivity index (χ4v) is 1.87. The fraction of sp³-hybridized carbons (Fsp3) is 0.500. The number of alkyl halides is 1. The lowest BCUT2D eigenvalue weighted by atomic mass is 10.0. The Morgan fingerprint density at radius 3 is 2.25 bits per heavy atom. The van der Waals surface area contributed by atoms with E-state index < -0.39 is 0 Å². The maximum absolute atomic E-state index is 11.7. The number of rotatable bonds is 8. The minimum Gasteiger partial charge on any atom is -0.294 e. The molecule has 0 saturated carbocycles. The fourth-order valence-electron chi connectivity index (χ4n) is 1.68. The van der Waals surface area contributed by atoms with Crippen LogP contribution in [0, 0.1) is 0 Å². The van der Waals surface area contributed by atoms with Gasteiger partial charge in [-0.15, -0.1) is 11.6 Å². The standard InChI is InChI=1S/C14H19ClO/c15-12-8-3-1-2-7-11-14(16)13-9-5-4-6-10-13/h4-6,9-10H,1-3,7-8,11-12H2. The van der Waals surface area contributed by atoms with Crippen molar-refractivity contribution in [2.75, 3.05) is 5.88 Å². The third-order valence-corrected chi connectivity index (χ3v) is 2.90. The molecule has 1 aromatic rings. The highest BCUT2D eigenvalue weighted by Gasteiger charge is 2.03. The minimum absolute atomic E-state index is 0.262. The summed E-state index contributed by atoms with van der Waals surface area (Å²) in [6, 6.07) is 9.52. The van der Waals surface area contributed by atoms with Gasteiger partial charge in [0.25, 0.3) is 0 Å². The molecular weight excluding hydrogens is 220 g/mol. The van der Waals surface area contributed by atoms with Crippen LogP contribution in [-0.4, -0.2) is 11.7 Å². The van der Waals surface area contributed by atoms with Gasteiger partial charge in [0.05, 0.1) is 0 Å². The van der Waals surface area contributed by atoms with Gasteiger partial charge in [0.1, 0.15) is 0 Å². The second kappa shape index (κ2) is 8.35. The van der Waals surface area contributed by atoms with Crippen molar-refractivity contribution in [2.24, 2.45) is 0 Å². The highest BCUT2D eigenvalue weighted by Crippen LogP contribution is 2.10. The van der Waals surface area contributed by atoms with E-state index in [-0.39, 0.29) is 5.78 Å². The summed E-state index contributed by atoms with van der Waals surface area (Å²) in [5, 5.41) is 0. The Labute approximate surface area is 103 Å². The molecule has 16 heavy (non-hydrogen) atoms. The number of ketones is 1. The van der Waals surface area contributed by atoms with Gasteiger partial charge in [-0.2, -0.15) is 0 Å². The van der Waals surface area contributed by atoms with Crippen LogP contribution in [-0.2, 0) is 0 Å². The summed E-state index contributed by atoms with van der Waals surface area (Å²) >= 11 is 5.59. The molecule has 2 heteroatoms. The average Bonchev–Trinajstić information content (AvgIpc) is 2.34. The lowest BCUT2D eigenvalue weighted by Gasteiger charge is -2.01. The Balaban J connectivity index is 2.12. The number of halogens is 1. The third-order valence-electron chi connectivity index (χ3n) is 2.63. The number of hydrogen-bond donors (Lipinski definition) is 0. The van der Waals surface area contributed by atoms with Crippen molar-refractivity contribution >= 4 is 17.4 Å². The lowest BCUT2D eigenvalue weighted by Crippen LogP contribution is -1.98. The van der Waals surface area contributed by atoms with Gasteiger partial charge in [-0.05, 0) is 12.8 Å². The molecule has 0 N–H and O–H groups in total. The molecule has 1 rings (SSSR count). The second-order valence-corrected chi connectivity index (χ2v) is 4.37. The van der Waals surface area contributed by atoms with Gasteiger partial charge in [-0.3, -0.25) is 4.79 Å². The van der Waals surface area contributed by atoms with E-state index >= 15 is 0 Å². The molecule has 0 radical (unpaired) electrons. The predicted molar refractivity (Wildman–Crippen MR) is 69.2 cm³/mol. The molecule has 0 amide bonds. The summed E-state index contributed by atoms with van der Waals surface area (Å²) in [6.07, 6.45) is 6.27. The van der Waals surface area contributed by atoms with Crippen molar-refractivity contribution in [3.8, 4) is 0 Å². The number of benzene rings is 1. The Hall–Kier alpha value is -0.820. The Morgan fingerprint density at radius 1 is 0.938 bits per heavy atom. The minimum atomic E-state index is 0.262. The van der Waals surface area contributed by atoms with E-state index in [4.69, 9.17) is 11.6 Å². The zero-order valence-electron chi connectivity index (χ0n) is 9.62. The van der Waals surface area contributed by atoms with Crippen LogP contribution in [0.1, 0.15) is 48.9 Å². The molecule has 0 spiro atoms. The average molecular weight is 239 g/mol.